The molecule has 2 saturated carbocycles. The van der Waals surface area contributed by atoms with Gasteiger partial charge in [0.2, 0.25) is 0 Å². The summed E-state index contributed by atoms with van der Waals surface area (Å²) in [7, 11) is 0. The summed E-state index contributed by atoms with van der Waals surface area (Å²) in [5.41, 5.74) is 5.07. The molecule has 2 aliphatic carbocycles. The van der Waals surface area contributed by atoms with Crippen molar-refractivity contribution in [2.24, 2.45) is 21.7 Å². The van der Waals surface area contributed by atoms with Gasteiger partial charge in [-0.25, -0.2) is 0 Å². The first-order valence-corrected chi connectivity index (χ1v) is 19.4. The zero-order valence-electron chi connectivity index (χ0n) is 32.7. The number of hydrogen-bond donors (Lipinski definition) is 0. The van der Waals surface area contributed by atoms with Crippen LogP contribution in [-0.2, 0) is 43.9 Å². The van der Waals surface area contributed by atoms with Crippen molar-refractivity contribution in [2.75, 3.05) is 0 Å². The quantitative estimate of drug-likeness (QED) is 0.151. The van der Waals surface area contributed by atoms with Crippen molar-refractivity contribution >= 4 is 11.5 Å². The minimum atomic E-state index is -0.375. The number of imidazole rings is 1. The third-order valence-electron chi connectivity index (χ3n) is 12.5. The number of nitrogens with zero attached hydrogens (tertiary/aromatic N) is 6. The van der Waals surface area contributed by atoms with Gasteiger partial charge in [0, 0.05) is 23.9 Å². The molecular formula is C43H63N6Pt+. The molecule has 274 valence electrons. The fourth-order valence-electron chi connectivity index (χ4n) is 8.82. The molecular weight excluding hydrogens is 796 g/mol. The van der Waals surface area contributed by atoms with E-state index in [1.165, 1.54) is 81.9 Å². The normalized spacial score (nSPS) is 20.8. The second-order valence-electron chi connectivity index (χ2n) is 18.5. The first kappa shape index (κ1) is 38.9. The van der Waals surface area contributed by atoms with Crippen LogP contribution in [-0.4, -0.2) is 25.0 Å². The van der Waals surface area contributed by atoms with E-state index in [9.17, 15) is 0 Å². The van der Waals surface area contributed by atoms with Crippen molar-refractivity contribution in [3.05, 3.63) is 66.1 Å². The van der Waals surface area contributed by atoms with Gasteiger partial charge in [-0.15, -0.1) is 6.07 Å². The standard InChI is InChI=1S/C43H63N6.Pt/c1-11-42(18-13-14-19-42)29-32-25-35(44-37(27-32)47-23-24-48(31-47)40(6,7)8)41(9,10)36-26-33(30-43(12-2)20-15-16-21-43)28-38(45-36)49-22-17-34(46-49)39(3,4)5;/h17,24-25,27-28,31,33H,11-16,18-21,26,29-30H2,1-10H3;/q-1;+2. The summed E-state index contributed by atoms with van der Waals surface area (Å²) in [5, 5.41) is 5.02. The van der Waals surface area contributed by atoms with Crippen LogP contribution in [0.4, 0.5) is 0 Å². The van der Waals surface area contributed by atoms with E-state index >= 15 is 0 Å². The molecule has 0 spiro atoms. The van der Waals surface area contributed by atoms with Crippen molar-refractivity contribution in [3.63, 3.8) is 0 Å². The Morgan fingerprint density at radius 3 is 2.08 bits per heavy atom. The molecule has 1 unspecified atom stereocenters. The molecule has 0 radical (unpaired) electrons. The second kappa shape index (κ2) is 14.6. The van der Waals surface area contributed by atoms with Gasteiger partial charge in [0.15, 0.2) is 5.82 Å². The first-order chi connectivity index (χ1) is 23.0. The summed E-state index contributed by atoms with van der Waals surface area (Å²) < 4.78 is 6.23. The van der Waals surface area contributed by atoms with Crippen LogP contribution < -0.4 is 4.57 Å². The molecule has 3 aromatic heterocycles. The van der Waals surface area contributed by atoms with Crippen LogP contribution in [0.15, 0.2) is 41.8 Å². The van der Waals surface area contributed by atoms with Gasteiger partial charge < -0.3 is 18.8 Å². The summed E-state index contributed by atoms with van der Waals surface area (Å²) in [6.07, 6.45) is 30.0. The smallest absolute Gasteiger partial charge is 0.368 e. The minimum absolute atomic E-state index is 0. The average molecular weight is 859 g/mol. The van der Waals surface area contributed by atoms with Crippen LogP contribution in [0.2, 0.25) is 0 Å². The SMILES string of the molecule is CCC1(Cc2cc(-[n+]3[c-]cn(C(C)(C)C)c3)nc(C(C)(C)C3=NC(n4[c-]cc(C(C)(C)C)n4)=CC(CC4(CC)CCCC4)C3)c2)CCCC1.[Pt+2]. The van der Waals surface area contributed by atoms with E-state index in [1.807, 2.05) is 10.7 Å². The molecule has 0 bridgehead atoms. The number of pyridine rings is 1. The van der Waals surface area contributed by atoms with Gasteiger partial charge in [0.1, 0.15) is 5.69 Å². The molecule has 6 rings (SSSR count). The van der Waals surface area contributed by atoms with Crippen LogP contribution in [0.5, 0.6) is 0 Å². The van der Waals surface area contributed by atoms with Crippen molar-refractivity contribution in [3.8, 4) is 5.82 Å². The Morgan fingerprint density at radius 1 is 0.880 bits per heavy atom. The van der Waals surface area contributed by atoms with Gasteiger partial charge in [-0.05, 0) is 125 Å². The summed E-state index contributed by atoms with van der Waals surface area (Å²) in [6.45, 7) is 22.8. The number of hydrogen-bond acceptors (Lipinski definition) is 3. The Hall–Kier alpha value is -2.33. The van der Waals surface area contributed by atoms with Crippen LogP contribution in [0.25, 0.3) is 11.6 Å². The van der Waals surface area contributed by atoms with E-state index < -0.39 is 0 Å². The number of aromatic nitrogens is 5. The van der Waals surface area contributed by atoms with E-state index in [0.29, 0.717) is 16.7 Å². The third kappa shape index (κ3) is 8.16. The zero-order chi connectivity index (χ0) is 35.2. The topological polar surface area (TPSA) is 51.9 Å². The van der Waals surface area contributed by atoms with Gasteiger partial charge in [0.25, 0.3) is 0 Å². The van der Waals surface area contributed by atoms with Crippen LogP contribution in [0.1, 0.15) is 163 Å². The van der Waals surface area contributed by atoms with Crippen LogP contribution >= 0.6 is 0 Å². The minimum Gasteiger partial charge on any atom is -0.368 e. The number of aliphatic imine (C=N–C) groups is 1. The van der Waals surface area contributed by atoms with Gasteiger partial charge in [-0.1, -0.05) is 85.4 Å². The Kier molecular flexibility index (Phi) is 11.4. The molecule has 4 heterocycles. The molecule has 0 amide bonds. The number of rotatable bonds is 10. The molecule has 1 aliphatic heterocycles. The third-order valence-corrected chi connectivity index (χ3v) is 12.5. The molecule has 3 aromatic rings. The fraction of sp³-hybridized carbons (Fsp3) is 0.674. The van der Waals surface area contributed by atoms with Crippen molar-refractivity contribution in [2.45, 2.75) is 169 Å². The summed E-state index contributed by atoms with van der Waals surface area (Å²) in [5.74, 6) is 2.27. The maximum atomic E-state index is 5.46. The Bertz CT molecular complexity index is 1680. The average Bonchev–Trinajstić information content (AvgIpc) is 3.88. The monoisotopic (exact) mass is 858 g/mol. The maximum Gasteiger partial charge on any atom is 2.00 e. The van der Waals surface area contributed by atoms with E-state index in [4.69, 9.17) is 15.1 Å². The van der Waals surface area contributed by atoms with Crippen molar-refractivity contribution < 1.29 is 25.6 Å². The predicted octanol–water partition coefficient (Wildman–Crippen LogP) is 10.1. The molecule has 7 heteroatoms. The molecule has 1 atom stereocenters. The Labute approximate surface area is 317 Å². The van der Waals surface area contributed by atoms with Crippen LogP contribution in [0.3, 0.4) is 0 Å². The predicted molar refractivity (Wildman–Crippen MR) is 201 cm³/mol. The van der Waals surface area contributed by atoms with Crippen LogP contribution in [0, 0.1) is 29.1 Å². The molecule has 0 aromatic carbocycles. The van der Waals surface area contributed by atoms with E-state index in [2.05, 4.69) is 121 Å². The molecule has 50 heavy (non-hydrogen) atoms. The molecule has 6 nitrogen and oxygen atoms in total. The van der Waals surface area contributed by atoms with Gasteiger partial charge in [-0.2, -0.15) is 4.98 Å². The summed E-state index contributed by atoms with van der Waals surface area (Å²) in [4.78, 5) is 10.9. The molecule has 2 fully saturated rings. The number of allylic oxidation sites excluding steroid dienone is 1. The zero-order valence-corrected chi connectivity index (χ0v) is 35.0. The fourth-order valence-corrected chi connectivity index (χ4v) is 8.82. The maximum absolute atomic E-state index is 5.46. The Balaban J connectivity index is 0.00000486. The van der Waals surface area contributed by atoms with Gasteiger partial charge in [0.05, 0.1) is 17.3 Å². The van der Waals surface area contributed by atoms with Gasteiger partial charge >= 0.3 is 21.1 Å². The Morgan fingerprint density at radius 2 is 1.52 bits per heavy atom. The first-order valence-electron chi connectivity index (χ1n) is 19.4. The van der Waals surface area contributed by atoms with E-state index in [0.717, 1.165) is 35.9 Å². The molecule has 3 aliphatic rings. The van der Waals surface area contributed by atoms with Crippen molar-refractivity contribution in [1.82, 2.24) is 19.3 Å². The van der Waals surface area contributed by atoms with E-state index in [-0.39, 0.29) is 37.4 Å². The molecule has 0 saturated heterocycles. The summed E-state index contributed by atoms with van der Waals surface area (Å²) in [6, 6.07) is 6.78. The van der Waals surface area contributed by atoms with Crippen molar-refractivity contribution in [1.29, 1.82) is 0 Å². The van der Waals surface area contributed by atoms with Gasteiger partial charge in [-0.3, -0.25) is 5.10 Å². The largest absolute Gasteiger partial charge is 2.00 e. The van der Waals surface area contributed by atoms with E-state index in [1.54, 1.807) is 0 Å². The summed E-state index contributed by atoms with van der Waals surface area (Å²) >= 11 is 0. The molecule has 0 N–H and O–H groups in total. The second-order valence-corrected chi connectivity index (χ2v) is 18.5.